The molecule has 0 heterocycles. The van der Waals surface area contributed by atoms with Crippen molar-refractivity contribution in [3.8, 4) is 0 Å². The maximum atomic E-state index is 7.69. The predicted octanol–water partition coefficient (Wildman–Crippen LogP) is -2.50. The largest absolute Gasteiger partial charge is 0.619 e. The molecule has 0 aromatic rings. The average molecular weight is 88.6 g/mol. The molecule has 0 fully saturated rings. The molecule has 0 saturated heterocycles. The van der Waals surface area contributed by atoms with Crippen molar-refractivity contribution >= 4 is 15.0 Å². The Kier molecular flexibility index (Phi) is 3.16. The van der Waals surface area contributed by atoms with Crippen LogP contribution in [0.5, 0.6) is 0 Å². The van der Waals surface area contributed by atoms with E-state index in [1.807, 2.05) is 0 Å². The van der Waals surface area contributed by atoms with Gasteiger partial charge in [-0.05, 0) is 0 Å². The average Bonchev–Trinajstić information content (AvgIpc) is 1.35. The third-order valence-electron chi connectivity index (χ3n) is 0.183. The summed E-state index contributed by atoms with van der Waals surface area (Å²) in [6.07, 6.45) is 0. The van der Waals surface area contributed by atoms with Crippen LogP contribution in [0.2, 0.25) is 0 Å². The standard InChI is InChI=1S/B2H3O4/c3-1-6-2(4)5/h3-5H. The van der Waals surface area contributed by atoms with Crippen LogP contribution < -0.4 is 0 Å². The summed E-state index contributed by atoms with van der Waals surface area (Å²) in [5, 5.41) is 23.0. The minimum absolute atomic E-state index is 0.199. The second-order valence-electron chi connectivity index (χ2n) is 0.568. The maximum Gasteiger partial charge on any atom is 0.619 e. The lowest BCUT2D eigenvalue weighted by atomic mass is 10.2. The van der Waals surface area contributed by atoms with Crippen molar-refractivity contribution in [2.75, 3.05) is 0 Å². The van der Waals surface area contributed by atoms with Crippen molar-refractivity contribution in [2.45, 2.75) is 0 Å². The van der Waals surface area contributed by atoms with Crippen molar-refractivity contribution in [3.63, 3.8) is 0 Å². The normalized spacial score (nSPS) is 7.83. The summed E-state index contributed by atoms with van der Waals surface area (Å²) >= 11 is 0. The summed E-state index contributed by atoms with van der Waals surface area (Å²) in [7, 11) is -1.71. The first-order valence-corrected chi connectivity index (χ1v) is 1.25. The highest BCUT2D eigenvalue weighted by atomic mass is 16.6. The molecule has 0 aromatic carbocycles. The fourth-order valence-corrected chi connectivity index (χ4v) is 0.0544. The monoisotopic (exact) mass is 89.0 g/mol. The fraction of sp³-hybridized carbons (Fsp3) is 0. The van der Waals surface area contributed by atoms with Crippen LogP contribution in [-0.2, 0) is 4.57 Å². The zero-order chi connectivity index (χ0) is 4.99. The van der Waals surface area contributed by atoms with Crippen LogP contribution in [0, 0.1) is 0 Å². The molecular weight excluding hydrogens is 85.6 g/mol. The van der Waals surface area contributed by atoms with E-state index < -0.39 is 7.32 Å². The van der Waals surface area contributed by atoms with Gasteiger partial charge in [-0.2, -0.15) is 0 Å². The molecule has 33 valence electrons. The van der Waals surface area contributed by atoms with Crippen molar-refractivity contribution in [3.05, 3.63) is 0 Å². The van der Waals surface area contributed by atoms with Gasteiger partial charge < -0.3 is 19.6 Å². The van der Waals surface area contributed by atoms with E-state index in [1.54, 1.807) is 0 Å². The van der Waals surface area contributed by atoms with Gasteiger partial charge in [0.1, 0.15) is 0 Å². The third kappa shape index (κ3) is 3.97. The summed E-state index contributed by atoms with van der Waals surface area (Å²) in [4.78, 5) is 0. The van der Waals surface area contributed by atoms with Crippen LogP contribution in [0.1, 0.15) is 0 Å². The molecule has 3 N–H and O–H groups in total. The van der Waals surface area contributed by atoms with Gasteiger partial charge in [0, 0.05) is 0 Å². The van der Waals surface area contributed by atoms with Gasteiger partial charge in [-0.15, -0.1) is 0 Å². The van der Waals surface area contributed by atoms with E-state index in [4.69, 9.17) is 15.1 Å². The Morgan fingerprint density at radius 1 is 1.50 bits per heavy atom. The first kappa shape index (κ1) is 5.97. The molecule has 0 aromatic heterocycles. The molecule has 0 amide bonds. The maximum absolute atomic E-state index is 7.69. The van der Waals surface area contributed by atoms with Crippen LogP contribution >= 0.6 is 0 Å². The van der Waals surface area contributed by atoms with E-state index in [9.17, 15) is 0 Å². The highest BCUT2D eigenvalue weighted by Gasteiger charge is 2.05. The minimum Gasteiger partial charge on any atom is -0.430 e. The summed E-state index contributed by atoms with van der Waals surface area (Å²) < 4.78 is 3.58. The van der Waals surface area contributed by atoms with E-state index in [0.29, 0.717) is 0 Å². The molecule has 0 unspecified atom stereocenters. The topological polar surface area (TPSA) is 69.9 Å². The van der Waals surface area contributed by atoms with Gasteiger partial charge in [-0.25, -0.2) is 0 Å². The van der Waals surface area contributed by atoms with E-state index in [1.165, 1.54) is 0 Å². The Hall–Kier alpha value is -0.0301. The zero-order valence-electron chi connectivity index (χ0n) is 2.90. The summed E-state index contributed by atoms with van der Waals surface area (Å²) in [5.74, 6) is 0. The summed E-state index contributed by atoms with van der Waals surface area (Å²) in [6, 6.07) is 0. The molecule has 0 aliphatic rings. The molecule has 6 heteroatoms. The fourth-order valence-electron chi connectivity index (χ4n) is 0.0544. The Morgan fingerprint density at radius 2 is 2.00 bits per heavy atom. The molecule has 0 bridgehead atoms. The molecule has 1 radical (unpaired) electrons. The van der Waals surface area contributed by atoms with E-state index in [2.05, 4.69) is 4.57 Å². The number of hydrogen-bond acceptors (Lipinski definition) is 4. The van der Waals surface area contributed by atoms with E-state index in [0.717, 1.165) is 0 Å². The van der Waals surface area contributed by atoms with E-state index in [-0.39, 0.29) is 7.69 Å². The lowest BCUT2D eigenvalue weighted by Gasteiger charge is -1.89. The van der Waals surface area contributed by atoms with Gasteiger partial charge in [0.15, 0.2) is 0 Å². The van der Waals surface area contributed by atoms with Crippen molar-refractivity contribution in [1.29, 1.82) is 0 Å². The lowest BCUT2D eigenvalue weighted by molar-refractivity contribution is 0.275. The Balaban J connectivity index is 2.63. The van der Waals surface area contributed by atoms with Gasteiger partial charge in [0.25, 0.3) is 0 Å². The SMILES string of the molecule is O[B]OB(O)O. The second-order valence-corrected chi connectivity index (χ2v) is 0.568. The first-order valence-electron chi connectivity index (χ1n) is 1.25. The molecule has 0 atom stereocenters. The Morgan fingerprint density at radius 3 is 2.00 bits per heavy atom. The van der Waals surface area contributed by atoms with Crippen LogP contribution in [0.25, 0.3) is 0 Å². The Bertz CT molecular complexity index is 26.7. The minimum atomic E-state index is -1.91. The second kappa shape index (κ2) is 3.17. The highest BCUT2D eigenvalue weighted by molar-refractivity contribution is 6.42. The van der Waals surface area contributed by atoms with Gasteiger partial charge >= 0.3 is 15.0 Å². The summed E-state index contributed by atoms with van der Waals surface area (Å²) in [5.41, 5.74) is 0. The van der Waals surface area contributed by atoms with Crippen LogP contribution in [-0.4, -0.2) is 30.1 Å². The Labute approximate surface area is 35.9 Å². The van der Waals surface area contributed by atoms with Crippen LogP contribution in [0.3, 0.4) is 0 Å². The highest BCUT2D eigenvalue weighted by Crippen LogP contribution is 1.63. The van der Waals surface area contributed by atoms with Crippen molar-refractivity contribution < 1.29 is 19.6 Å². The quantitative estimate of drug-likeness (QED) is 0.327. The van der Waals surface area contributed by atoms with E-state index >= 15 is 0 Å². The van der Waals surface area contributed by atoms with Gasteiger partial charge in [-0.1, -0.05) is 0 Å². The first-order chi connectivity index (χ1) is 2.77. The molecule has 4 nitrogen and oxygen atoms in total. The van der Waals surface area contributed by atoms with Gasteiger partial charge in [-0.3, -0.25) is 0 Å². The van der Waals surface area contributed by atoms with Crippen molar-refractivity contribution in [2.24, 2.45) is 0 Å². The predicted molar refractivity (Wildman–Crippen MR) is 19.2 cm³/mol. The smallest absolute Gasteiger partial charge is 0.430 e. The molecule has 0 saturated carbocycles. The number of hydrogen-bond donors (Lipinski definition) is 3. The molecule has 0 rings (SSSR count). The molecule has 6 heavy (non-hydrogen) atoms. The zero-order valence-corrected chi connectivity index (χ0v) is 2.90. The molecule has 0 aliphatic carbocycles. The summed E-state index contributed by atoms with van der Waals surface area (Å²) in [6.45, 7) is 0. The molecular formula is H3B2O4. The van der Waals surface area contributed by atoms with Crippen molar-refractivity contribution in [1.82, 2.24) is 0 Å². The van der Waals surface area contributed by atoms with Crippen LogP contribution in [0.15, 0.2) is 0 Å². The molecule has 0 spiro atoms. The molecule has 0 aliphatic heterocycles. The third-order valence-corrected chi connectivity index (χ3v) is 0.183. The van der Waals surface area contributed by atoms with Crippen LogP contribution in [0.4, 0.5) is 0 Å². The lowest BCUT2D eigenvalue weighted by Crippen LogP contribution is -2.18. The number of rotatable bonds is 2. The van der Waals surface area contributed by atoms with Gasteiger partial charge in [0.2, 0.25) is 0 Å². The van der Waals surface area contributed by atoms with Gasteiger partial charge in [0.05, 0.1) is 0 Å².